The molecule has 0 aliphatic rings. The Labute approximate surface area is 87.3 Å². The monoisotopic (exact) mass is 214 g/mol. The van der Waals surface area contributed by atoms with Crippen molar-refractivity contribution in [2.24, 2.45) is 0 Å². The smallest absolute Gasteiger partial charge is 0.118 e. The molecule has 1 nitrogen and oxygen atoms in total. The molecule has 0 spiro atoms. The highest BCUT2D eigenvalue weighted by Gasteiger charge is 1.94. The molecule has 0 aromatic heterocycles. The first kappa shape index (κ1) is 10.2. The van der Waals surface area contributed by atoms with Gasteiger partial charge in [0.05, 0.1) is 0 Å². The standard InChI is InChI=1S/C10H8Cl2O/c11-4-2-1-3-8-5-9(12)7-10(13)6-8/h5-7,13H,2,4H2. The second kappa shape index (κ2) is 5.01. The third-order valence-corrected chi connectivity index (χ3v) is 1.74. The van der Waals surface area contributed by atoms with Gasteiger partial charge in [-0.1, -0.05) is 23.4 Å². The molecule has 0 unspecified atom stereocenters. The molecule has 1 rings (SSSR count). The number of alkyl halides is 1. The summed E-state index contributed by atoms with van der Waals surface area (Å²) in [5, 5.41) is 9.65. The Kier molecular flexibility index (Phi) is 3.95. The van der Waals surface area contributed by atoms with Gasteiger partial charge in [-0.05, 0) is 18.2 Å². The molecule has 0 fully saturated rings. The summed E-state index contributed by atoms with van der Waals surface area (Å²) < 4.78 is 0. The molecule has 3 heteroatoms. The summed E-state index contributed by atoms with van der Waals surface area (Å²) in [6.07, 6.45) is 0.634. The SMILES string of the molecule is Oc1cc(Cl)cc(C#CCCCl)c1. The summed E-state index contributed by atoms with van der Waals surface area (Å²) in [5.74, 6) is 6.34. The molecule has 0 radical (unpaired) electrons. The number of rotatable bonds is 1. The average Bonchev–Trinajstić information content (AvgIpc) is 2.03. The first-order valence-electron chi connectivity index (χ1n) is 3.77. The van der Waals surface area contributed by atoms with Crippen LogP contribution in [0.15, 0.2) is 18.2 Å². The zero-order valence-electron chi connectivity index (χ0n) is 6.85. The zero-order valence-corrected chi connectivity index (χ0v) is 8.36. The summed E-state index contributed by atoms with van der Waals surface area (Å²) in [7, 11) is 0. The van der Waals surface area contributed by atoms with E-state index in [-0.39, 0.29) is 5.75 Å². The fraction of sp³-hybridized carbons (Fsp3) is 0.200. The Bertz CT molecular complexity index is 329. The van der Waals surface area contributed by atoms with Crippen LogP contribution in [0.2, 0.25) is 5.02 Å². The average molecular weight is 215 g/mol. The molecule has 0 atom stereocenters. The highest BCUT2D eigenvalue weighted by atomic mass is 35.5. The molecular weight excluding hydrogens is 207 g/mol. The minimum atomic E-state index is 0.127. The van der Waals surface area contributed by atoms with E-state index in [9.17, 15) is 5.11 Å². The summed E-state index contributed by atoms with van der Waals surface area (Å²) in [4.78, 5) is 0. The van der Waals surface area contributed by atoms with Crippen LogP contribution >= 0.6 is 23.2 Å². The molecule has 0 saturated carbocycles. The fourth-order valence-electron chi connectivity index (χ4n) is 0.858. The van der Waals surface area contributed by atoms with E-state index in [1.807, 2.05) is 0 Å². The van der Waals surface area contributed by atoms with Gasteiger partial charge in [0, 0.05) is 22.9 Å². The Balaban J connectivity index is 2.85. The number of aromatic hydroxyl groups is 1. The highest BCUT2D eigenvalue weighted by molar-refractivity contribution is 6.30. The molecule has 1 N–H and O–H groups in total. The molecule has 0 saturated heterocycles. The van der Waals surface area contributed by atoms with Crippen molar-refractivity contribution in [1.82, 2.24) is 0 Å². The number of halogens is 2. The lowest BCUT2D eigenvalue weighted by Crippen LogP contribution is -1.75. The fourth-order valence-corrected chi connectivity index (χ4v) is 1.18. The Morgan fingerprint density at radius 1 is 1.31 bits per heavy atom. The first-order valence-corrected chi connectivity index (χ1v) is 4.68. The molecule has 0 heterocycles. The number of benzene rings is 1. The van der Waals surface area contributed by atoms with Crippen molar-refractivity contribution in [2.75, 3.05) is 5.88 Å². The van der Waals surface area contributed by atoms with Gasteiger partial charge >= 0.3 is 0 Å². The summed E-state index contributed by atoms with van der Waals surface area (Å²) in [5.41, 5.74) is 0.704. The maximum Gasteiger partial charge on any atom is 0.118 e. The van der Waals surface area contributed by atoms with Crippen molar-refractivity contribution >= 4 is 23.2 Å². The second-order valence-electron chi connectivity index (χ2n) is 2.44. The maximum absolute atomic E-state index is 9.17. The number of phenols is 1. The Morgan fingerprint density at radius 2 is 2.08 bits per heavy atom. The quantitative estimate of drug-likeness (QED) is 0.563. The van der Waals surface area contributed by atoms with Crippen LogP contribution in [0.4, 0.5) is 0 Å². The first-order chi connectivity index (χ1) is 6.22. The van der Waals surface area contributed by atoms with Crippen LogP contribution in [0.3, 0.4) is 0 Å². The Hall–Kier alpha value is -0.840. The molecule has 0 aliphatic carbocycles. The van der Waals surface area contributed by atoms with Crippen LogP contribution in [0.5, 0.6) is 5.75 Å². The van der Waals surface area contributed by atoms with E-state index >= 15 is 0 Å². The van der Waals surface area contributed by atoms with E-state index in [0.717, 1.165) is 0 Å². The number of hydrogen-bond donors (Lipinski definition) is 1. The lowest BCUT2D eigenvalue weighted by Gasteiger charge is -1.94. The van der Waals surface area contributed by atoms with Gasteiger partial charge in [0.25, 0.3) is 0 Å². The molecule has 68 valence electrons. The lowest BCUT2D eigenvalue weighted by molar-refractivity contribution is 0.475. The predicted octanol–water partition coefficient (Wildman–Crippen LogP) is 3.03. The van der Waals surface area contributed by atoms with Crippen LogP contribution in [0, 0.1) is 11.8 Å². The van der Waals surface area contributed by atoms with Crippen molar-refractivity contribution in [1.29, 1.82) is 0 Å². The highest BCUT2D eigenvalue weighted by Crippen LogP contribution is 2.18. The molecule has 1 aromatic carbocycles. The normalized spacial score (nSPS) is 9.08. The molecule has 0 amide bonds. The van der Waals surface area contributed by atoms with E-state index in [2.05, 4.69) is 11.8 Å². The predicted molar refractivity (Wildman–Crippen MR) is 55.3 cm³/mol. The van der Waals surface area contributed by atoms with Gasteiger partial charge < -0.3 is 5.11 Å². The van der Waals surface area contributed by atoms with Crippen molar-refractivity contribution in [2.45, 2.75) is 6.42 Å². The van der Waals surface area contributed by atoms with E-state index in [1.165, 1.54) is 6.07 Å². The largest absolute Gasteiger partial charge is 0.508 e. The van der Waals surface area contributed by atoms with Gasteiger partial charge in [-0.15, -0.1) is 11.6 Å². The lowest BCUT2D eigenvalue weighted by atomic mass is 10.2. The third kappa shape index (κ3) is 3.59. The zero-order chi connectivity index (χ0) is 9.68. The topological polar surface area (TPSA) is 20.2 Å². The minimum Gasteiger partial charge on any atom is -0.508 e. The van der Waals surface area contributed by atoms with Crippen LogP contribution in [-0.4, -0.2) is 11.0 Å². The van der Waals surface area contributed by atoms with E-state index in [4.69, 9.17) is 23.2 Å². The van der Waals surface area contributed by atoms with Gasteiger partial charge in [-0.25, -0.2) is 0 Å². The maximum atomic E-state index is 9.17. The van der Waals surface area contributed by atoms with E-state index in [0.29, 0.717) is 22.9 Å². The van der Waals surface area contributed by atoms with Crippen LogP contribution in [-0.2, 0) is 0 Å². The molecule has 1 aromatic rings. The van der Waals surface area contributed by atoms with Gasteiger partial charge in [-0.2, -0.15) is 0 Å². The number of phenolic OH excluding ortho intramolecular Hbond substituents is 1. The van der Waals surface area contributed by atoms with Crippen molar-refractivity contribution in [3.63, 3.8) is 0 Å². The molecule has 0 bridgehead atoms. The van der Waals surface area contributed by atoms with Gasteiger partial charge in [0.1, 0.15) is 5.75 Å². The summed E-state index contributed by atoms with van der Waals surface area (Å²) in [6, 6.07) is 4.73. The van der Waals surface area contributed by atoms with Gasteiger partial charge in [0.2, 0.25) is 0 Å². The summed E-state index contributed by atoms with van der Waals surface area (Å²) in [6.45, 7) is 0. The third-order valence-electron chi connectivity index (χ3n) is 1.33. The minimum absolute atomic E-state index is 0.127. The van der Waals surface area contributed by atoms with Crippen molar-refractivity contribution < 1.29 is 5.11 Å². The number of hydrogen-bond acceptors (Lipinski definition) is 1. The van der Waals surface area contributed by atoms with Crippen LogP contribution < -0.4 is 0 Å². The Morgan fingerprint density at radius 3 is 2.69 bits per heavy atom. The van der Waals surface area contributed by atoms with Gasteiger partial charge in [0.15, 0.2) is 0 Å². The molecule has 13 heavy (non-hydrogen) atoms. The van der Waals surface area contributed by atoms with Crippen LogP contribution in [0.25, 0.3) is 0 Å². The molecule has 0 aliphatic heterocycles. The van der Waals surface area contributed by atoms with Gasteiger partial charge in [-0.3, -0.25) is 0 Å². The van der Waals surface area contributed by atoms with Crippen molar-refractivity contribution in [3.8, 4) is 17.6 Å². The molecular formula is C10H8Cl2O. The second-order valence-corrected chi connectivity index (χ2v) is 3.25. The van der Waals surface area contributed by atoms with E-state index < -0.39 is 0 Å². The van der Waals surface area contributed by atoms with Crippen LogP contribution in [0.1, 0.15) is 12.0 Å². The summed E-state index contributed by atoms with van der Waals surface area (Å²) >= 11 is 11.2. The van der Waals surface area contributed by atoms with Crippen molar-refractivity contribution in [3.05, 3.63) is 28.8 Å². The van der Waals surface area contributed by atoms with E-state index in [1.54, 1.807) is 12.1 Å².